The SMILES string of the molecule is CCN(CC)C(=O)C(=O)NC(C)C. The summed E-state index contributed by atoms with van der Waals surface area (Å²) in [5.74, 6) is -0.961. The van der Waals surface area contributed by atoms with Gasteiger partial charge < -0.3 is 10.2 Å². The predicted molar refractivity (Wildman–Crippen MR) is 51.2 cm³/mol. The van der Waals surface area contributed by atoms with Crippen LogP contribution in [0.1, 0.15) is 27.7 Å². The number of rotatable bonds is 3. The van der Waals surface area contributed by atoms with Gasteiger partial charge in [0, 0.05) is 19.1 Å². The van der Waals surface area contributed by atoms with E-state index in [0.29, 0.717) is 13.1 Å². The maximum Gasteiger partial charge on any atom is 0.311 e. The van der Waals surface area contributed by atoms with Crippen molar-refractivity contribution in [2.24, 2.45) is 0 Å². The van der Waals surface area contributed by atoms with Crippen molar-refractivity contribution in [2.75, 3.05) is 13.1 Å². The third kappa shape index (κ3) is 3.92. The zero-order valence-corrected chi connectivity index (χ0v) is 8.76. The number of hydrogen-bond acceptors (Lipinski definition) is 2. The molecule has 0 saturated heterocycles. The van der Waals surface area contributed by atoms with Gasteiger partial charge in [0.2, 0.25) is 0 Å². The monoisotopic (exact) mass is 186 g/mol. The van der Waals surface area contributed by atoms with E-state index in [1.54, 1.807) is 0 Å². The molecule has 1 N–H and O–H groups in total. The summed E-state index contributed by atoms with van der Waals surface area (Å²) in [5.41, 5.74) is 0. The number of amides is 2. The molecule has 0 aromatic carbocycles. The van der Waals surface area contributed by atoms with Gasteiger partial charge in [-0.2, -0.15) is 0 Å². The van der Waals surface area contributed by atoms with Gasteiger partial charge in [-0.05, 0) is 27.7 Å². The van der Waals surface area contributed by atoms with E-state index in [1.807, 2.05) is 27.7 Å². The molecule has 2 amide bonds. The van der Waals surface area contributed by atoms with Crippen LogP contribution >= 0.6 is 0 Å². The van der Waals surface area contributed by atoms with Crippen LogP contribution in [0.3, 0.4) is 0 Å². The molecule has 0 bridgehead atoms. The number of nitrogens with one attached hydrogen (secondary N) is 1. The molecule has 0 aliphatic heterocycles. The van der Waals surface area contributed by atoms with E-state index in [-0.39, 0.29) is 6.04 Å². The molecule has 0 unspecified atom stereocenters. The fraction of sp³-hybridized carbons (Fsp3) is 0.778. The summed E-state index contributed by atoms with van der Waals surface area (Å²) in [6.45, 7) is 8.50. The maximum absolute atomic E-state index is 11.4. The Labute approximate surface area is 79.3 Å². The van der Waals surface area contributed by atoms with E-state index in [1.165, 1.54) is 4.90 Å². The largest absolute Gasteiger partial charge is 0.346 e. The second-order valence-electron chi connectivity index (χ2n) is 3.11. The van der Waals surface area contributed by atoms with Crippen molar-refractivity contribution in [1.82, 2.24) is 10.2 Å². The average Bonchev–Trinajstić information content (AvgIpc) is 2.05. The lowest BCUT2D eigenvalue weighted by Crippen LogP contribution is -2.44. The number of likely N-dealkylation sites (N-methyl/N-ethyl adjacent to an activating group) is 1. The van der Waals surface area contributed by atoms with Gasteiger partial charge in [0.25, 0.3) is 0 Å². The van der Waals surface area contributed by atoms with Crippen LogP contribution in [0.15, 0.2) is 0 Å². The van der Waals surface area contributed by atoms with Gasteiger partial charge in [-0.25, -0.2) is 0 Å². The topological polar surface area (TPSA) is 49.4 Å². The molecular weight excluding hydrogens is 168 g/mol. The molecule has 0 aliphatic carbocycles. The molecule has 0 atom stereocenters. The summed E-state index contributed by atoms with van der Waals surface area (Å²) in [6.07, 6.45) is 0. The van der Waals surface area contributed by atoms with Crippen LogP contribution in [0.25, 0.3) is 0 Å². The smallest absolute Gasteiger partial charge is 0.311 e. The summed E-state index contributed by atoms with van der Waals surface area (Å²) in [6, 6.07) is 0.00649. The van der Waals surface area contributed by atoms with E-state index in [9.17, 15) is 9.59 Å². The molecular formula is C9H18N2O2. The van der Waals surface area contributed by atoms with Gasteiger partial charge in [0.15, 0.2) is 0 Å². The second-order valence-corrected chi connectivity index (χ2v) is 3.11. The Morgan fingerprint density at radius 3 is 2.00 bits per heavy atom. The maximum atomic E-state index is 11.4. The Morgan fingerprint density at radius 2 is 1.69 bits per heavy atom. The lowest BCUT2D eigenvalue weighted by Gasteiger charge is -2.18. The number of carbonyl (C=O) groups is 2. The average molecular weight is 186 g/mol. The molecule has 0 heterocycles. The first-order valence-electron chi connectivity index (χ1n) is 4.62. The molecule has 0 radical (unpaired) electrons. The summed E-state index contributed by atoms with van der Waals surface area (Å²) >= 11 is 0. The second kappa shape index (κ2) is 5.56. The van der Waals surface area contributed by atoms with Gasteiger partial charge in [0.05, 0.1) is 0 Å². The molecule has 4 nitrogen and oxygen atoms in total. The van der Waals surface area contributed by atoms with Gasteiger partial charge in [-0.15, -0.1) is 0 Å². The molecule has 0 aliphatic rings. The fourth-order valence-electron chi connectivity index (χ4n) is 0.978. The standard InChI is InChI=1S/C9H18N2O2/c1-5-11(6-2)9(13)8(12)10-7(3)4/h7H,5-6H2,1-4H3,(H,10,12). The lowest BCUT2D eigenvalue weighted by molar-refractivity contribution is -0.145. The first-order valence-corrected chi connectivity index (χ1v) is 4.62. The van der Waals surface area contributed by atoms with Crippen LogP contribution in [0.2, 0.25) is 0 Å². The fourth-order valence-corrected chi connectivity index (χ4v) is 0.978. The third-order valence-corrected chi connectivity index (χ3v) is 1.66. The lowest BCUT2D eigenvalue weighted by atomic mass is 10.3. The highest BCUT2D eigenvalue weighted by Crippen LogP contribution is 1.89. The third-order valence-electron chi connectivity index (χ3n) is 1.66. The molecule has 0 saturated carbocycles. The number of hydrogen-bond donors (Lipinski definition) is 1. The van der Waals surface area contributed by atoms with Crippen LogP contribution < -0.4 is 5.32 Å². The van der Waals surface area contributed by atoms with Gasteiger partial charge >= 0.3 is 11.8 Å². The minimum Gasteiger partial charge on any atom is -0.346 e. The summed E-state index contributed by atoms with van der Waals surface area (Å²) < 4.78 is 0. The minimum atomic E-state index is -0.515. The van der Waals surface area contributed by atoms with Gasteiger partial charge in [-0.1, -0.05) is 0 Å². The highest BCUT2D eigenvalue weighted by molar-refractivity contribution is 6.35. The van der Waals surface area contributed by atoms with E-state index >= 15 is 0 Å². The minimum absolute atomic E-state index is 0.00649. The Kier molecular flexibility index (Phi) is 5.11. The highest BCUT2D eigenvalue weighted by Gasteiger charge is 2.19. The van der Waals surface area contributed by atoms with Gasteiger partial charge in [-0.3, -0.25) is 9.59 Å². The Bertz CT molecular complexity index is 186. The molecule has 76 valence electrons. The normalized spacial score (nSPS) is 9.92. The van der Waals surface area contributed by atoms with Crippen molar-refractivity contribution >= 4 is 11.8 Å². The summed E-state index contributed by atoms with van der Waals surface area (Å²) in [5, 5.41) is 2.56. The Balaban J connectivity index is 4.16. The van der Waals surface area contributed by atoms with Crippen LogP contribution in [0.4, 0.5) is 0 Å². The summed E-state index contributed by atoms with van der Waals surface area (Å²) in [4.78, 5) is 24.1. The van der Waals surface area contributed by atoms with Crippen LogP contribution in [0, 0.1) is 0 Å². The van der Waals surface area contributed by atoms with E-state index in [4.69, 9.17) is 0 Å². The quantitative estimate of drug-likeness (QED) is 0.648. The zero-order valence-electron chi connectivity index (χ0n) is 8.76. The zero-order chi connectivity index (χ0) is 10.4. The van der Waals surface area contributed by atoms with Crippen molar-refractivity contribution in [1.29, 1.82) is 0 Å². The Hall–Kier alpha value is -1.06. The van der Waals surface area contributed by atoms with E-state index < -0.39 is 11.8 Å². The first-order chi connectivity index (χ1) is 6.02. The van der Waals surface area contributed by atoms with Crippen molar-refractivity contribution < 1.29 is 9.59 Å². The molecule has 0 aromatic heterocycles. The van der Waals surface area contributed by atoms with Gasteiger partial charge in [0.1, 0.15) is 0 Å². The highest BCUT2D eigenvalue weighted by atomic mass is 16.2. The van der Waals surface area contributed by atoms with Crippen LogP contribution in [0.5, 0.6) is 0 Å². The molecule has 13 heavy (non-hydrogen) atoms. The van der Waals surface area contributed by atoms with E-state index in [0.717, 1.165) is 0 Å². The van der Waals surface area contributed by atoms with Crippen molar-refractivity contribution in [3.05, 3.63) is 0 Å². The van der Waals surface area contributed by atoms with Crippen molar-refractivity contribution in [2.45, 2.75) is 33.7 Å². The van der Waals surface area contributed by atoms with Crippen LogP contribution in [-0.4, -0.2) is 35.8 Å². The molecule has 0 fully saturated rings. The summed E-state index contributed by atoms with van der Waals surface area (Å²) in [7, 11) is 0. The molecule has 0 rings (SSSR count). The molecule has 0 spiro atoms. The molecule has 0 aromatic rings. The number of carbonyl (C=O) groups excluding carboxylic acids is 2. The first kappa shape index (κ1) is 11.9. The van der Waals surface area contributed by atoms with E-state index in [2.05, 4.69) is 5.32 Å². The Morgan fingerprint density at radius 1 is 1.23 bits per heavy atom. The number of nitrogens with zero attached hydrogens (tertiary/aromatic N) is 1. The van der Waals surface area contributed by atoms with Crippen molar-refractivity contribution in [3.63, 3.8) is 0 Å². The van der Waals surface area contributed by atoms with Crippen LogP contribution in [-0.2, 0) is 9.59 Å². The molecule has 4 heteroatoms. The van der Waals surface area contributed by atoms with Crippen molar-refractivity contribution in [3.8, 4) is 0 Å². The predicted octanol–water partition coefficient (Wildman–Crippen LogP) is 0.379.